The molecule has 1 fully saturated rings. The topological polar surface area (TPSA) is 9.23 Å². The Bertz CT molecular complexity index is 421. The molecule has 0 amide bonds. The van der Waals surface area contributed by atoms with Crippen LogP contribution in [0.4, 0.5) is 0 Å². The molecular weight excluding hydrogens is 196 g/mol. The summed E-state index contributed by atoms with van der Waals surface area (Å²) in [6.07, 6.45) is 3.65. The number of para-hydroxylation sites is 1. The lowest BCUT2D eigenvalue weighted by Gasteiger charge is -2.50. The van der Waals surface area contributed by atoms with E-state index in [2.05, 4.69) is 45.0 Å². The van der Waals surface area contributed by atoms with E-state index in [0.29, 0.717) is 11.3 Å². The van der Waals surface area contributed by atoms with E-state index in [1.807, 2.05) is 0 Å². The fourth-order valence-corrected chi connectivity index (χ4v) is 3.89. The Morgan fingerprint density at radius 1 is 1.12 bits per heavy atom. The molecule has 2 bridgehead atoms. The van der Waals surface area contributed by atoms with Crippen molar-refractivity contribution in [2.45, 2.75) is 51.6 Å². The fraction of sp³-hybridized carbons (Fsp3) is 0.600. The largest absolute Gasteiger partial charge is 0.487 e. The Kier molecular flexibility index (Phi) is 1.93. The van der Waals surface area contributed by atoms with E-state index in [-0.39, 0.29) is 5.60 Å². The predicted molar refractivity (Wildman–Crippen MR) is 65.8 cm³/mol. The van der Waals surface area contributed by atoms with Crippen molar-refractivity contribution in [2.75, 3.05) is 0 Å². The molecule has 1 aliphatic heterocycles. The summed E-state index contributed by atoms with van der Waals surface area (Å²) in [5.41, 5.74) is 1.89. The van der Waals surface area contributed by atoms with E-state index in [1.54, 1.807) is 0 Å². The third-order valence-corrected chi connectivity index (χ3v) is 4.04. The average molecular weight is 216 g/mol. The van der Waals surface area contributed by atoms with E-state index in [9.17, 15) is 0 Å². The first-order chi connectivity index (χ1) is 7.48. The van der Waals surface area contributed by atoms with Crippen LogP contribution in [0.1, 0.15) is 51.5 Å². The van der Waals surface area contributed by atoms with Gasteiger partial charge in [0, 0.05) is 0 Å². The number of rotatable bonds is 0. The molecule has 0 saturated heterocycles. The molecule has 2 atom stereocenters. The van der Waals surface area contributed by atoms with Gasteiger partial charge in [0.25, 0.3) is 0 Å². The maximum atomic E-state index is 6.23. The third kappa shape index (κ3) is 1.53. The van der Waals surface area contributed by atoms with Gasteiger partial charge in [-0.3, -0.25) is 0 Å². The second-order valence-electron chi connectivity index (χ2n) is 6.54. The zero-order valence-electron chi connectivity index (χ0n) is 10.4. The van der Waals surface area contributed by atoms with E-state index in [0.717, 1.165) is 5.75 Å². The molecule has 0 unspecified atom stereocenters. The first-order valence-corrected chi connectivity index (χ1v) is 6.25. The predicted octanol–water partition coefficient (Wildman–Crippen LogP) is 4.13. The molecule has 0 N–H and O–H groups in total. The molecule has 1 aromatic carbocycles. The molecule has 0 radical (unpaired) electrons. The number of benzene rings is 1. The monoisotopic (exact) mass is 216 g/mol. The lowest BCUT2D eigenvalue weighted by Crippen LogP contribution is -2.46. The van der Waals surface area contributed by atoms with Crippen molar-refractivity contribution in [2.24, 2.45) is 5.41 Å². The highest BCUT2D eigenvalue weighted by molar-refractivity contribution is 5.40. The van der Waals surface area contributed by atoms with E-state index < -0.39 is 0 Å². The molecule has 1 aromatic rings. The average Bonchev–Trinajstić information content (AvgIpc) is 2.13. The molecule has 1 saturated carbocycles. The Morgan fingerprint density at radius 3 is 2.69 bits per heavy atom. The highest BCUT2D eigenvalue weighted by atomic mass is 16.5. The van der Waals surface area contributed by atoms with Crippen LogP contribution in [-0.2, 0) is 0 Å². The number of ether oxygens (including phenoxy) is 1. The van der Waals surface area contributed by atoms with Crippen molar-refractivity contribution < 1.29 is 4.74 Å². The molecule has 1 nitrogen and oxygen atoms in total. The lowest BCUT2D eigenvalue weighted by molar-refractivity contribution is -0.0281. The summed E-state index contributed by atoms with van der Waals surface area (Å²) in [5.74, 6) is 1.82. The second-order valence-corrected chi connectivity index (χ2v) is 6.54. The van der Waals surface area contributed by atoms with Gasteiger partial charge in [0.05, 0.1) is 0 Å². The van der Waals surface area contributed by atoms with Crippen molar-refractivity contribution in [3.63, 3.8) is 0 Å². The van der Waals surface area contributed by atoms with Gasteiger partial charge in [0.15, 0.2) is 0 Å². The van der Waals surface area contributed by atoms with Gasteiger partial charge in [-0.05, 0) is 49.1 Å². The quantitative estimate of drug-likeness (QED) is 0.633. The highest BCUT2D eigenvalue weighted by Gasteiger charge is 2.46. The number of hydrogen-bond donors (Lipinski definition) is 0. The third-order valence-electron chi connectivity index (χ3n) is 4.04. The van der Waals surface area contributed by atoms with Crippen LogP contribution in [0.2, 0.25) is 0 Å². The van der Waals surface area contributed by atoms with Crippen LogP contribution in [0.25, 0.3) is 0 Å². The summed E-state index contributed by atoms with van der Waals surface area (Å²) in [6.45, 7) is 7.01. The van der Waals surface area contributed by atoms with Crippen molar-refractivity contribution in [3.05, 3.63) is 29.8 Å². The molecule has 16 heavy (non-hydrogen) atoms. The van der Waals surface area contributed by atoms with E-state index >= 15 is 0 Å². The van der Waals surface area contributed by atoms with Crippen LogP contribution in [0.3, 0.4) is 0 Å². The van der Waals surface area contributed by atoms with Crippen molar-refractivity contribution in [1.82, 2.24) is 0 Å². The molecule has 3 rings (SSSR count). The minimum atomic E-state index is 0.0563. The second kappa shape index (κ2) is 3.03. The molecule has 2 aliphatic rings. The molecule has 86 valence electrons. The van der Waals surface area contributed by atoms with Gasteiger partial charge in [0.1, 0.15) is 11.4 Å². The SMILES string of the molecule is CC1(C)C[C@H]2C[C@@](C)(C1)Oc1ccccc12. The smallest absolute Gasteiger partial charge is 0.123 e. The van der Waals surface area contributed by atoms with Crippen molar-refractivity contribution >= 4 is 0 Å². The van der Waals surface area contributed by atoms with Gasteiger partial charge in [0.2, 0.25) is 0 Å². The van der Waals surface area contributed by atoms with Crippen molar-refractivity contribution in [3.8, 4) is 5.75 Å². The van der Waals surface area contributed by atoms with Crippen LogP contribution in [0.5, 0.6) is 5.75 Å². The van der Waals surface area contributed by atoms with Gasteiger partial charge in [-0.15, -0.1) is 0 Å². The van der Waals surface area contributed by atoms with Crippen LogP contribution in [-0.4, -0.2) is 5.60 Å². The standard InChI is InChI=1S/C15H20O/c1-14(2)8-11-9-15(3,10-14)16-13-7-5-4-6-12(11)13/h4-7,11H,8-10H2,1-3H3/t11-,15-/m0/s1. The minimum absolute atomic E-state index is 0.0563. The van der Waals surface area contributed by atoms with Crippen LogP contribution in [0.15, 0.2) is 24.3 Å². The Labute approximate surface area is 97.8 Å². The maximum absolute atomic E-state index is 6.23. The summed E-state index contributed by atoms with van der Waals surface area (Å²) in [5, 5.41) is 0. The summed E-state index contributed by atoms with van der Waals surface area (Å²) < 4.78 is 6.23. The molecule has 1 heterocycles. The van der Waals surface area contributed by atoms with E-state index in [1.165, 1.54) is 24.8 Å². The molecule has 1 aliphatic carbocycles. The Hall–Kier alpha value is -0.980. The zero-order valence-corrected chi connectivity index (χ0v) is 10.4. The zero-order chi connectivity index (χ0) is 11.4. The molecule has 0 aromatic heterocycles. The van der Waals surface area contributed by atoms with Gasteiger partial charge in [-0.25, -0.2) is 0 Å². The highest BCUT2D eigenvalue weighted by Crippen LogP contribution is 2.54. The Morgan fingerprint density at radius 2 is 1.88 bits per heavy atom. The first-order valence-electron chi connectivity index (χ1n) is 6.25. The van der Waals surface area contributed by atoms with Crippen molar-refractivity contribution in [1.29, 1.82) is 0 Å². The summed E-state index contributed by atoms with van der Waals surface area (Å²) in [6, 6.07) is 8.57. The van der Waals surface area contributed by atoms with E-state index in [4.69, 9.17) is 4.74 Å². The van der Waals surface area contributed by atoms with Gasteiger partial charge in [-0.1, -0.05) is 32.0 Å². The van der Waals surface area contributed by atoms with Gasteiger partial charge >= 0.3 is 0 Å². The first kappa shape index (κ1) is 10.2. The molecule has 1 heteroatoms. The van der Waals surface area contributed by atoms with Crippen LogP contribution < -0.4 is 4.74 Å². The molecule has 0 spiro atoms. The number of fused-ring (bicyclic) bond motifs is 4. The summed E-state index contributed by atoms with van der Waals surface area (Å²) >= 11 is 0. The molecular formula is C15H20O. The van der Waals surface area contributed by atoms with Gasteiger partial charge < -0.3 is 4.74 Å². The normalized spacial score (nSPS) is 35.1. The maximum Gasteiger partial charge on any atom is 0.123 e. The Balaban J connectivity index is 2.07. The summed E-state index contributed by atoms with van der Waals surface area (Å²) in [7, 11) is 0. The van der Waals surface area contributed by atoms with Crippen LogP contribution in [0, 0.1) is 5.41 Å². The number of hydrogen-bond acceptors (Lipinski definition) is 1. The minimum Gasteiger partial charge on any atom is -0.487 e. The summed E-state index contributed by atoms with van der Waals surface area (Å²) in [4.78, 5) is 0. The van der Waals surface area contributed by atoms with Gasteiger partial charge in [-0.2, -0.15) is 0 Å². The lowest BCUT2D eigenvalue weighted by atomic mass is 9.63. The van der Waals surface area contributed by atoms with Crippen LogP contribution >= 0.6 is 0 Å². The fourth-order valence-electron chi connectivity index (χ4n) is 3.89.